The van der Waals surface area contributed by atoms with Crippen LogP contribution in [0.2, 0.25) is 0 Å². The summed E-state index contributed by atoms with van der Waals surface area (Å²) < 4.78 is 5.17. The molecule has 1 aromatic heterocycles. The normalized spacial score (nSPS) is 12.9. The number of ether oxygens (including phenoxy) is 1. The fraction of sp³-hybridized carbons (Fsp3) is 0.615. The van der Waals surface area contributed by atoms with Crippen LogP contribution in [0.1, 0.15) is 12.5 Å². The van der Waals surface area contributed by atoms with Gasteiger partial charge in [-0.3, -0.25) is 4.98 Å². The van der Waals surface area contributed by atoms with E-state index in [1.54, 1.807) is 12.4 Å². The third-order valence-corrected chi connectivity index (χ3v) is 2.57. The van der Waals surface area contributed by atoms with Crippen molar-refractivity contribution in [2.24, 2.45) is 0 Å². The van der Waals surface area contributed by atoms with Gasteiger partial charge in [-0.2, -0.15) is 0 Å². The molecule has 1 heterocycles. The summed E-state index contributed by atoms with van der Waals surface area (Å²) in [6.45, 7) is 4.56. The van der Waals surface area contributed by atoms with Crippen molar-refractivity contribution in [2.45, 2.75) is 19.4 Å². The summed E-state index contributed by atoms with van der Waals surface area (Å²) in [5.74, 6) is 0. The highest BCUT2D eigenvalue weighted by Crippen LogP contribution is 1.99. The zero-order chi connectivity index (χ0) is 12.5. The Morgan fingerprint density at radius 2 is 2.12 bits per heavy atom. The van der Waals surface area contributed by atoms with Crippen molar-refractivity contribution >= 4 is 0 Å². The molecule has 0 aromatic carbocycles. The van der Waals surface area contributed by atoms with Crippen LogP contribution in [-0.2, 0) is 11.2 Å². The van der Waals surface area contributed by atoms with Crippen molar-refractivity contribution in [3.8, 4) is 0 Å². The molecule has 0 bridgehead atoms. The molecule has 0 amide bonds. The first-order chi connectivity index (χ1) is 8.22. The lowest BCUT2D eigenvalue weighted by Gasteiger charge is -2.20. The third kappa shape index (κ3) is 6.36. The number of hydrogen-bond donors (Lipinski definition) is 1. The second kappa shape index (κ2) is 8.17. The zero-order valence-electron chi connectivity index (χ0n) is 10.7. The maximum atomic E-state index is 9.67. The Bertz CT molecular complexity index is 293. The number of nitrogens with zero attached hydrogens (tertiary/aromatic N) is 2. The predicted octanol–water partition coefficient (Wildman–Crippen LogP) is 0.953. The molecule has 1 N–H and O–H groups in total. The maximum Gasteiger partial charge on any atom is 0.0900 e. The standard InChI is InChI=1S/C13H22N2O2/c1-3-17-11-13(16)10-15(2)9-6-12-4-7-14-8-5-12/h4-5,7-8,13,16H,3,6,9-11H2,1-2H3. The summed E-state index contributed by atoms with van der Waals surface area (Å²) in [6.07, 6.45) is 4.18. The van der Waals surface area contributed by atoms with Gasteiger partial charge in [-0.05, 0) is 38.1 Å². The van der Waals surface area contributed by atoms with Crippen LogP contribution >= 0.6 is 0 Å². The number of aliphatic hydroxyl groups is 1. The Labute approximate surface area is 103 Å². The largest absolute Gasteiger partial charge is 0.389 e. The summed E-state index contributed by atoms with van der Waals surface area (Å²) in [7, 11) is 2.01. The molecule has 0 radical (unpaired) electrons. The second-order valence-electron chi connectivity index (χ2n) is 4.18. The first-order valence-corrected chi connectivity index (χ1v) is 6.05. The third-order valence-electron chi connectivity index (χ3n) is 2.57. The zero-order valence-corrected chi connectivity index (χ0v) is 10.7. The minimum atomic E-state index is -0.405. The molecule has 96 valence electrons. The van der Waals surface area contributed by atoms with Gasteiger partial charge in [0.2, 0.25) is 0 Å². The van der Waals surface area contributed by atoms with Crippen LogP contribution in [0.4, 0.5) is 0 Å². The quantitative estimate of drug-likeness (QED) is 0.732. The number of aliphatic hydroxyl groups excluding tert-OH is 1. The van der Waals surface area contributed by atoms with E-state index in [-0.39, 0.29) is 0 Å². The van der Waals surface area contributed by atoms with Gasteiger partial charge in [0.1, 0.15) is 0 Å². The molecule has 0 spiro atoms. The van der Waals surface area contributed by atoms with Crippen molar-refractivity contribution in [3.05, 3.63) is 30.1 Å². The highest BCUT2D eigenvalue weighted by molar-refractivity contribution is 5.09. The second-order valence-corrected chi connectivity index (χ2v) is 4.18. The lowest BCUT2D eigenvalue weighted by Crippen LogP contribution is -2.33. The van der Waals surface area contributed by atoms with Crippen LogP contribution in [0.15, 0.2) is 24.5 Å². The van der Waals surface area contributed by atoms with E-state index in [0.717, 1.165) is 13.0 Å². The van der Waals surface area contributed by atoms with Gasteiger partial charge in [-0.25, -0.2) is 0 Å². The Kier molecular flexibility index (Phi) is 6.77. The van der Waals surface area contributed by atoms with E-state index in [1.807, 2.05) is 26.1 Å². The number of aromatic nitrogens is 1. The number of pyridine rings is 1. The van der Waals surface area contributed by atoms with E-state index in [9.17, 15) is 5.11 Å². The number of hydrogen-bond acceptors (Lipinski definition) is 4. The Morgan fingerprint density at radius 3 is 2.76 bits per heavy atom. The maximum absolute atomic E-state index is 9.67. The summed E-state index contributed by atoms with van der Waals surface area (Å²) in [6, 6.07) is 4.04. The molecule has 1 atom stereocenters. The van der Waals surface area contributed by atoms with Gasteiger partial charge < -0.3 is 14.7 Å². The highest BCUT2D eigenvalue weighted by Gasteiger charge is 2.07. The molecule has 0 aliphatic heterocycles. The van der Waals surface area contributed by atoms with Crippen LogP contribution in [0.25, 0.3) is 0 Å². The first-order valence-electron chi connectivity index (χ1n) is 6.05. The van der Waals surface area contributed by atoms with Crippen molar-refractivity contribution < 1.29 is 9.84 Å². The van der Waals surface area contributed by atoms with Gasteiger partial charge in [0, 0.05) is 32.1 Å². The molecule has 4 nitrogen and oxygen atoms in total. The van der Waals surface area contributed by atoms with Crippen LogP contribution in [0.5, 0.6) is 0 Å². The van der Waals surface area contributed by atoms with Gasteiger partial charge in [-0.15, -0.1) is 0 Å². The molecule has 17 heavy (non-hydrogen) atoms. The molecule has 1 aromatic rings. The Morgan fingerprint density at radius 1 is 1.41 bits per heavy atom. The first kappa shape index (κ1) is 14.1. The molecule has 0 fully saturated rings. The monoisotopic (exact) mass is 238 g/mol. The van der Waals surface area contributed by atoms with Gasteiger partial charge in [-0.1, -0.05) is 0 Å². The SMILES string of the molecule is CCOCC(O)CN(C)CCc1ccncc1. The fourth-order valence-electron chi connectivity index (χ4n) is 1.63. The van der Waals surface area contributed by atoms with E-state index in [1.165, 1.54) is 5.56 Å². The molecule has 1 unspecified atom stereocenters. The fourth-order valence-corrected chi connectivity index (χ4v) is 1.63. The Balaban J connectivity index is 2.19. The predicted molar refractivity (Wildman–Crippen MR) is 67.9 cm³/mol. The lowest BCUT2D eigenvalue weighted by molar-refractivity contribution is 0.0257. The molecular formula is C13H22N2O2. The average molecular weight is 238 g/mol. The van der Waals surface area contributed by atoms with Crippen molar-refractivity contribution in [1.82, 2.24) is 9.88 Å². The van der Waals surface area contributed by atoms with Gasteiger partial charge in [0.25, 0.3) is 0 Å². The highest BCUT2D eigenvalue weighted by atomic mass is 16.5. The van der Waals surface area contributed by atoms with Crippen molar-refractivity contribution in [1.29, 1.82) is 0 Å². The van der Waals surface area contributed by atoms with E-state index in [4.69, 9.17) is 4.74 Å². The van der Waals surface area contributed by atoms with Crippen LogP contribution in [0, 0.1) is 0 Å². The summed E-state index contributed by atoms with van der Waals surface area (Å²) in [4.78, 5) is 6.10. The molecule has 4 heteroatoms. The minimum absolute atomic E-state index is 0.405. The van der Waals surface area contributed by atoms with E-state index >= 15 is 0 Å². The average Bonchev–Trinajstić information content (AvgIpc) is 2.35. The Hall–Kier alpha value is -0.970. The molecule has 0 saturated heterocycles. The van der Waals surface area contributed by atoms with Crippen LogP contribution < -0.4 is 0 Å². The molecule has 0 aliphatic rings. The van der Waals surface area contributed by atoms with Crippen LogP contribution in [0.3, 0.4) is 0 Å². The van der Waals surface area contributed by atoms with Crippen molar-refractivity contribution in [2.75, 3.05) is 33.4 Å². The van der Waals surface area contributed by atoms with E-state index < -0.39 is 6.10 Å². The van der Waals surface area contributed by atoms with Gasteiger partial charge in [0.05, 0.1) is 12.7 Å². The number of likely N-dealkylation sites (N-methyl/N-ethyl adjacent to an activating group) is 1. The molecule has 1 rings (SSSR count). The topological polar surface area (TPSA) is 45.6 Å². The summed E-state index contributed by atoms with van der Waals surface area (Å²) in [5, 5.41) is 9.67. The van der Waals surface area contributed by atoms with E-state index in [0.29, 0.717) is 19.8 Å². The van der Waals surface area contributed by atoms with Crippen LogP contribution in [-0.4, -0.2) is 54.4 Å². The minimum Gasteiger partial charge on any atom is -0.389 e. The molecule has 0 aliphatic carbocycles. The van der Waals surface area contributed by atoms with E-state index in [2.05, 4.69) is 9.88 Å². The summed E-state index contributed by atoms with van der Waals surface area (Å²) >= 11 is 0. The smallest absolute Gasteiger partial charge is 0.0900 e. The number of rotatable bonds is 8. The van der Waals surface area contributed by atoms with Gasteiger partial charge >= 0.3 is 0 Å². The summed E-state index contributed by atoms with van der Waals surface area (Å²) in [5.41, 5.74) is 1.27. The molecule has 0 saturated carbocycles. The van der Waals surface area contributed by atoms with Crippen molar-refractivity contribution in [3.63, 3.8) is 0 Å². The van der Waals surface area contributed by atoms with Gasteiger partial charge in [0.15, 0.2) is 0 Å². The molecular weight excluding hydrogens is 216 g/mol. The lowest BCUT2D eigenvalue weighted by atomic mass is 10.2.